The molecule has 0 saturated heterocycles. The maximum Gasteiger partial charge on any atom is 0.431 e. The summed E-state index contributed by atoms with van der Waals surface area (Å²) in [5.41, 5.74) is 0.0510. The van der Waals surface area contributed by atoms with Crippen LogP contribution in [-0.2, 0) is 12.6 Å². The van der Waals surface area contributed by atoms with Gasteiger partial charge in [0.15, 0.2) is 0 Å². The molecule has 0 saturated carbocycles. The van der Waals surface area contributed by atoms with Crippen molar-refractivity contribution in [1.82, 2.24) is 10.3 Å². The fraction of sp³-hybridized carbons (Fsp3) is 0.217. The van der Waals surface area contributed by atoms with E-state index in [1.165, 1.54) is 11.8 Å². The van der Waals surface area contributed by atoms with Gasteiger partial charge >= 0.3 is 6.18 Å². The normalized spacial score (nSPS) is 12.4. The van der Waals surface area contributed by atoms with E-state index in [9.17, 15) is 22.8 Å². The standard InChI is InChI=1S/C23H21F3N2O2S/c1-3-14-7-6-8-15(13-14)20(16-9-4-5-10-18(16)31-2)28-22(30)17-11-12-19(23(24,25)26)27-21(17)29/h4-13,20H,3H2,1-2H3,(H,27,29)(H,28,30). The predicted molar refractivity (Wildman–Crippen MR) is 115 cm³/mol. The Kier molecular flexibility index (Phi) is 6.90. The van der Waals surface area contributed by atoms with Crippen molar-refractivity contribution in [3.8, 4) is 0 Å². The zero-order valence-electron chi connectivity index (χ0n) is 16.9. The first-order valence-corrected chi connectivity index (χ1v) is 10.8. The highest BCUT2D eigenvalue weighted by Gasteiger charge is 2.32. The molecule has 1 unspecified atom stereocenters. The van der Waals surface area contributed by atoms with Crippen LogP contribution in [0.15, 0.2) is 70.4 Å². The quantitative estimate of drug-likeness (QED) is 0.512. The van der Waals surface area contributed by atoms with E-state index in [1.807, 2.05) is 61.7 Å². The average molecular weight is 446 g/mol. The average Bonchev–Trinajstić information content (AvgIpc) is 2.76. The Labute approximate surface area is 181 Å². The van der Waals surface area contributed by atoms with Crippen LogP contribution in [0.1, 0.15) is 45.7 Å². The summed E-state index contributed by atoms with van der Waals surface area (Å²) in [6, 6.07) is 16.3. The number of aromatic nitrogens is 1. The Morgan fingerprint density at radius 3 is 2.48 bits per heavy atom. The molecule has 31 heavy (non-hydrogen) atoms. The Hall–Kier alpha value is -3.00. The molecule has 0 spiro atoms. The van der Waals surface area contributed by atoms with Gasteiger partial charge in [-0.25, -0.2) is 0 Å². The molecule has 0 bridgehead atoms. The second kappa shape index (κ2) is 9.43. The number of nitrogens with one attached hydrogen (secondary N) is 2. The molecule has 4 nitrogen and oxygen atoms in total. The first-order chi connectivity index (χ1) is 14.7. The fourth-order valence-corrected chi connectivity index (χ4v) is 3.90. The summed E-state index contributed by atoms with van der Waals surface area (Å²) in [6.45, 7) is 2.02. The summed E-state index contributed by atoms with van der Waals surface area (Å²) >= 11 is 1.51. The lowest BCUT2D eigenvalue weighted by Crippen LogP contribution is -2.34. The predicted octanol–water partition coefficient (Wildman–Crippen LogP) is 5.20. The minimum absolute atomic E-state index is 0.383. The number of aromatic amines is 1. The Bertz CT molecular complexity index is 1140. The number of hydrogen-bond acceptors (Lipinski definition) is 3. The van der Waals surface area contributed by atoms with Gasteiger partial charge in [0.1, 0.15) is 11.3 Å². The summed E-state index contributed by atoms with van der Waals surface area (Å²) in [6.07, 6.45) is -1.98. The molecule has 1 heterocycles. The lowest BCUT2D eigenvalue weighted by Gasteiger charge is -2.22. The van der Waals surface area contributed by atoms with Crippen LogP contribution in [0.3, 0.4) is 0 Å². The zero-order chi connectivity index (χ0) is 22.6. The van der Waals surface area contributed by atoms with Crippen molar-refractivity contribution < 1.29 is 18.0 Å². The molecule has 0 aliphatic carbocycles. The lowest BCUT2D eigenvalue weighted by atomic mass is 9.96. The minimum Gasteiger partial charge on any atom is -0.341 e. The van der Waals surface area contributed by atoms with Gasteiger partial charge in [-0.1, -0.05) is 49.4 Å². The molecule has 2 N–H and O–H groups in total. The molecule has 3 aromatic rings. The Morgan fingerprint density at radius 2 is 1.84 bits per heavy atom. The van der Waals surface area contributed by atoms with Gasteiger partial charge in [-0.2, -0.15) is 13.2 Å². The topological polar surface area (TPSA) is 62.0 Å². The largest absolute Gasteiger partial charge is 0.431 e. The van der Waals surface area contributed by atoms with E-state index in [4.69, 9.17) is 0 Å². The molecule has 1 amide bonds. The molecule has 1 aromatic heterocycles. The van der Waals surface area contributed by atoms with Gasteiger partial charge in [0.05, 0.1) is 6.04 Å². The van der Waals surface area contributed by atoms with Crippen LogP contribution >= 0.6 is 11.8 Å². The van der Waals surface area contributed by atoms with E-state index >= 15 is 0 Å². The second-order valence-electron chi connectivity index (χ2n) is 6.86. The highest BCUT2D eigenvalue weighted by atomic mass is 32.2. The van der Waals surface area contributed by atoms with Crippen LogP contribution in [0.2, 0.25) is 0 Å². The number of halogens is 3. The Morgan fingerprint density at radius 1 is 1.10 bits per heavy atom. The molecule has 2 aromatic carbocycles. The molecule has 0 fully saturated rings. The number of benzene rings is 2. The van der Waals surface area contributed by atoms with Crippen molar-refractivity contribution in [2.75, 3.05) is 6.26 Å². The first-order valence-electron chi connectivity index (χ1n) is 9.57. The summed E-state index contributed by atoms with van der Waals surface area (Å²) in [7, 11) is 0. The maximum absolute atomic E-state index is 12.9. The lowest BCUT2D eigenvalue weighted by molar-refractivity contribution is -0.141. The molecule has 0 aliphatic rings. The number of thioether (sulfide) groups is 1. The maximum atomic E-state index is 12.9. The van der Waals surface area contributed by atoms with E-state index in [1.54, 1.807) is 4.98 Å². The molecule has 1 atom stereocenters. The molecule has 0 aliphatic heterocycles. The van der Waals surface area contributed by atoms with E-state index in [2.05, 4.69) is 5.32 Å². The van der Waals surface area contributed by atoms with Gasteiger partial charge in [-0.3, -0.25) is 9.59 Å². The van der Waals surface area contributed by atoms with Gasteiger partial charge in [0.25, 0.3) is 11.5 Å². The number of amides is 1. The number of rotatable bonds is 6. The number of carbonyl (C=O) groups excluding carboxylic acids is 1. The molecular formula is C23H21F3N2O2S. The summed E-state index contributed by atoms with van der Waals surface area (Å²) in [4.78, 5) is 27.8. The Balaban J connectivity index is 2.03. The van der Waals surface area contributed by atoms with Crippen molar-refractivity contribution in [2.45, 2.75) is 30.5 Å². The SMILES string of the molecule is CCc1cccc(C(NC(=O)c2ccc(C(F)(F)F)[nH]c2=O)c2ccccc2SC)c1. The first kappa shape index (κ1) is 22.7. The zero-order valence-corrected chi connectivity index (χ0v) is 17.7. The number of alkyl halides is 3. The van der Waals surface area contributed by atoms with E-state index in [0.29, 0.717) is 6.07 Å². The van der Waals surface area contributed by atoms with Crippen molar-refractivity contribution >= 4 is 17.7 Å². The molecular weight excluding hydrogens is 425 g/mol. The van der Waals surface area contributed by atoms with Crippen LogP contribution in [0, 0.1) is 0 Å². The van der Waals surface area contributed by atoms with Crippen molar-refractivity contribution in [1.29, 1.82) is 0 Å². The monoisotopic (exact) mass is 446 g/mol. The van der Waals surface area contributed by atoms with E-state index < -0.39 is 29.4 Å². The molecule has 3 rings (SSSR count). The van der Waals surface area contributed by atoms with Crippen molar-refractivity contribution in [2.24, 2.45) is 0 Å². The van der Waals surface area contributed by atoms with Crippen molar-refractivity contribution in [3.63, 3.8) is 0 Å². The number of pyridine rings is 1. The second-order valence-corrected chi connectivity index (χ2v) is 7.71. The van der Waals surface area contributed by atoms with E-state index in [-0.39, 0.29) is 5.56 Å². The number of H-pyrrole nitrogens is 1. The molecule has 0 radical (unpaired) electrons. The summed E-state index contributed by atoms with van der Waals surface area (Å²) in [5.74, 6) is -0.752. The van der Waals surface area contributed by atoms with Gasteiger partial charge in [-0.15, -0.1) is 11.8 Å². The van der Waals surface area contributed by atoms with Crippen LogP contribution in [0.4, 0.5) is 13.2 Å². The van der Waals surface area contributed by atoms with Crippen LogP contribution in [0.25, 0.3) is 0 Å². The molecule has 162 valence electrons. The van der Waals surface area contributed by atoms with Gasteiger partial charge in [-0.05, 0) is 47.6 Å². The summed E-state index contributed by atoms with van der Waals surface area (Å²) in [5, 5.41) is 2.84. The van der Waals surface area contributed by atoms with Gasteiger partial charge in [0, 0.05) is 4.90 Å². The third kappa shape index (κ3) is 5.19. The van der Waals surface area contributed by atoms with Crippen molar-refractivity contribution in [3.05, 3.63) is 99.0 Å². The van der Waals surface area contributed by atoms with Gasteiger partial charge < -0.3 is 10.3 Å². The highest BCUT2D eigenvalue weighted by Crippen LogP contribution is 2.31. The molecule has 8 heteroatoms. The summed E-state index contributed by atoms with van der Waals surface area (Å²) < 4.78 is 38.5. The van der Waals surface area contributed by atoms with Crippen LogP contribution in [-0.4, -0.2) is 17.1 Å². The number of carbonyl (C=O) groups is 1. The van der Waals surface area contributed by atoms with E-state index in [0.717, 1.165) is 34.1 Å². The van der Waals surface area contributed by atoms with Crippen LogP contribution < -0.4 is 10.9 Å². The third-order valence-corrected chi connectivity index (χ3v) is 5.69. The fourth-order valence-electron chi connectivity index (χ4n) is 3.26. The smallest absolute Gasteiger partial charge is 0.341 e. The number of hydrogen-bond donors (Lipinski definition) is 2. The minimum atomic E-state index is -4.70. The third-order valence-electron chi connectivity index (χ3n) is 4.88. The van der Waals surface area contributed by atoms with Crippen LogP contribution in [0.5, 0.6) is 0 Å². The number of aryl methyl sites for hydroxylation is 1. The highest BCUT2D eigenvalue weighted by molar-refractivity contribution is 7.98. The van der Waals surface area contributed by atoms with Gasteiger partial charge in [0.2, 0.25) is 0 Å².